The number of rotatable bonds is 5. The number of sulfone groups is 1. The van der Waals surface area contributed by atoms with Gasteiger partial charge in [0.2, 0.25) is 0 Å². The first-order valence-electron chi connectivity index (χ1n) is 7.92. The molecule has 3 N–H and O–H groups in total. The van der Waals surface area contributed by atoms with Gasteiger partial charge in [-0.3, -0.25) is 9.59 Å². The molecule has 1 aromatic carbocycles. The standard InChI is InChI=1S/C17H18N2O4S2/c1-2-25(22,23)11-8-6-10(7-9-11)16(21)19-17-14(15(18)20)12-4-3-5-13(12)24-17/h6-9H,2-5H2,1H3,(H2,18,20)(H,19,21). The van der Waals surface area contributed by atoms with Crippen LogP contribution in [-0.4, -0.2) is 26.0 Å². The van der Waals surface area contributed by atoms with Crippen LogP contribution in [0, 0.1) is 0 Å². The fraction of sp³-hybridized carbons (Fsp3) is 0.294. The van der Waals surface area contributed by atoms with Gasteiger partial charge < -0.3 is 11.1 Å². The van der Waals surface area contributed by atoms with E-state index in [0.29, 0.717) is 16.1 Å². The van der Waals surface area contributed by atoms with Gasteiger partial charge in [0.05, 0.1) is 16.2 Å². The number of aryl methyl sites for hydroxylation is 1. The minimum atomic E-state index is -3.31. The van der Waals surface area contributed by atoms with E-state index in [4.69, 9.17) is 5.73 Å². The average molecular weight is 378 g/mol. The van der Waals surface area contributed by atoms with Gasteiger partial charge in [-0.2, -0.15) is 0 Å². The molecule has 3 rings (SSSR count). The lowest BCUT2D eigenvalue weighted by Crippen LogP contribution is -2.18. The zero-order valence-corrected chi connectivity index (χ0v) is 15.3. The Hall–Kier alpha value is -2.19. The highest BCUT2D eigenvalue weighted by Crippen LogP contribution is 2.39. The molecule has 1 aliphatic carbocycles. The van der Waals surface area contributed by atoms with Crippen molar-refractivity contribution >= 4 is 38.0 Å². The van der Waals surface area contributed by atoms with E-state index < -0.39 is 21.7 Å². The van der Waals surface area contributed by atoms with Gasteiger partial charge in [0.1, 0.15) is 5.00 Å². The second kappa shape index (κ2) is 6.61. The summed E-state index contributed by atoms with van der Waals surface area (Å²) >= 11 is 1.38. The number of benzene rings is 1. The molecule has 1 heterocycles. The van der Waals surface area contributed by atoms with Crippen LogP contribution >= 0.6 is 11.3 Å². The van der Waals surface area contributed by atoms with Gasteiger partial charge in [0.15, 0.2) is 9.84 Å². The van der Waals surface area contributed by atoms with Crippen LogP contribution in [0.15, 0.2) is 29.2 Å². The maximum absolute atomic E-state index is 12.4. The average Bonchev–Trinajstić information content (AvgIpc) is 3.15. The van der Waals surface area contributed by atoms with Gasteiger partial charge in [-0.15, -0.1) is 11.3 Å². The van der Waals surface area contributed by atoms with E-state index in [1.54, 1.807) is 6.92 Å². The monoisotopic (exact) mass is 378 g/mol. The number of carbonyl (C=O) groups is 2. The number of amides is 2. The zero-order valence-electron chi connectivity index (χ0n) is 13.7. The van der Waals surface area contributed by atoms with Gasteiger partial charge >= 0.3 is 0 Å². The van der Waals surface area contributed by atoms with E-state index in [9.17, 15) is 18.0 Å². The Kier molecular flexibility index (Phi) is 4.66. The van der Waals surface area contributed by atoms with Crippen LogP contribution in [0.25, 0.3) is 0 Å². The highest BCUT2D eigenvalue weighted by molar-refractivity contribution is 7.91. The number of carbonyl (C=O) groups excluding carboxylic acids is 2. The maximum atomic E-state index is 12.4. The molecule has 1 aliphatic rings. The fourth-order valence-corrected chi connectivity index (χ4v) is 5.08. The summed E-state index contributed by atoms with van der Waals surface area (Å²) < 4.78 is 23.6. The van der Waals surface area contributed by atoms with E-state index in [1.165, 1.54) is 35.6 Å². The Labute approximate surface area is 150 Å². The summed E-state index contributed by atoms with van der Waals surface area (Å²) in [6, 6.07) is 5.75. The van der Waals surface area contributed by atoms with Crippen molar-refractivity contribution in [3.05, 3.63) is 45.8 Å². The Bertz CT molecular complexity index is 944. The molecule has 0 saturated carbocycles. The number of anilines is 1. The van der Waals surface area contributed by atoms with Crippen LogP contribution in [0.5, 0.6) is 0 Å². The van der Waals surface area contributed by atoms with Gasteiger partial charge in [0.25, 0.3) is 11.8 Å². The topological polar surface area (TPSA) is 106 Å². The van der Waals surface area contributed by atoms with Crippen LogP contribution in [0.4, 0.5) is 5.00 Å². The predicted octanol–water partition coefficient (Wildman–Crippen LogP) is 2.38. The molecule has 0 saturated heterocycles. The molecule has 0 unspecified atom stereocenters. The lowest BCUT2D eigenvalue weighted by Gasteiger charge is -2.07. The van der Waals surface area contributed by atoms with E-state index in [-0.39, 0.29) is 10.6 Å². The van der Waals surface area contributed by atoms with Crippen LogP contribution < -0.4 is 11.1 Å². The molecular weight excluding hydrogens is 360 g/mol. The third-order valence-corrected chi connectivity index (χ3v) is 7.21. The smallest absolute Gasteiger partial charge is 0.256 e. The van der Waals surface area contributed by atoms with E-state index in [2.05, 4.69) is 5.32 Å². The summed E-state index contributed by atoms with van der Waals surface area (Å²) in [6.45, 7) is 1.57. The number of nitrogens with one attached hydrogen (secondary N) is 1. The molecule has 132 valence electrons. The largest absolute Gasteiger partial charge is 0.365 e. The minimum absolute atomic E-state index is 0.00125. The SMILES string of the molecule is CCS(=O)(=O)c1ccc(C(=O)Nc2sc3c(c2C(N)=O)CCC3)cc1. The Balaban J connectivity index is 1.85. The number of hydrogen-bond donors (Lipinski definition) is 2. The quantitative estimate of drug-likeness (QED) is 0.833. The van der Waals surface area contributed by atoms with Gasteiger partial charge in [-0.05, 0) is 49.1 Å². The Morgan fingerprint density at radius 1 is 1.20 bits per heavy atom. The first-order chi connectivity index (χ1) is 11.8. The van der Waals surface area contributed by atoms with Crippen LogP contribution in [0.3, 0.4) is 0 Å². The number of fused-ring (bicyclic) bond motifs is 1. The lowest BCUT2D eigenvalue weighted by atomic mass is 10.1. The van der Waals surface area contributed by atoms with Crippen molar-refractivity contribution < 1.29 is 18.0 Å². The summed E-state index contributed by atoms with van der Waals surface area (Å²) in [6.07, 6.45) is 2.67. The Morgan fingerprint density at radius 2 is 1.88 bits per heavy atom. The molecule has 0 radical (unpaired) electrons. The van der Waals surface area contributed by atoms with E-state index in [1.807, 2.05) is 0 Å². The van der Waals surface area contributed by atoms with Gasteiger partial charge in [0, 0.05) is 10.4 Å². The molecule has 6 nitrogen and oxygen atoms in total. The van der Waals surface area contributed by atoms with Crippen molar-refractivity contribution in [3.63, 3.8) is 0 Å². The molecular formula is C17H18N2O4S2. The summed E-state index contributed by atoms with van der Waals surface area (Å²) in [5.74, 6) is -0.941. The van der Waals surface area contributed by atoms with Crippen molar-refractivity contribution in [1.82, 2.24) is 0 Å². The molecule has 1 aromatic heterocycles. The Morgan fingerprint density at radius 3 is 2.48 bits per heavy atom. The van der Waals surface area contributed by atoms with Crippen LogP contribution in [-0.2, 0) is 22.7 Å². The first kappa shape index (κ1) is 17.6. The molecule has 0 atom stereocenters. The van der Waals surface area contributed by atoms with Crippen molar-refractivity contribution in [2.24, 2.45) is 5.73 Å². The first-order valence-corrected chi connectivity index (χ1v) is 10.4. The highest BCUT2D eigenvalue weighted by atomic mass is 32.2. The number of primary amides is 1. The van der Waals surface area contributed by atoms with E-state index in [0.717, 1.165) is 29.7 Å². The third kappa shape index (κ3) is 3.32. The maximum Gasteiger partial charge on any atom is 0.256 e. The predicted molar refractivity (Wildman–Crippen MR) is 97.0 cm³/mol. The van der Waals surface area contributed by atoms with Crippen molar-refractivity contribution in [2.45, 2.75) is 31.1 Å². The summed E-state index contributed by atoms with van der Waals surface area (Å²) in [7, 11) is -3.31. The van der Waals surface area contributed by atoms with E-state index >= 15 is 0 Å². The molecule has 0 aliphatic heterocycles. The second-order valence-corrected chi connectivity index (χ2v) is 9.19. The second-order valence-electron chi connectivity index (χ2n) is 5.81. The van der Waals surface area contributed by atoms with Crippen molar-refractivity contribution in [3.8, 4) is 0 Å². The summed E-state index contributed by atoms with van der Waals surface area (Å²) in [5, 5.41) is 3.20. The third-order valence-electron chi connectivity index (χ3n) is 4.25. The molecule has 2 aromatic rings. The van der Waals surface area contributed by atoms with Crippen LogP contribution in [0.2, 0.25) is 0 Å². The zero-order chi connectivity index (χ0) is 18.2. The summed E-state index contributed by atoms with van der Waals surface area (Å²) in [5.41, 5.74) is 7.14. The number of nitrogens with two attached hydrogens (primary N) is 1. The molecule has 25 heavy (non-hydrogen) atoms. The van der Waals surface area contributed by atoms with Gasteiger partial charge in [-0.25, -0.2) is 8.42 Å². The lowest BCUT2D eigenvalue weighted by molar-refractivity contribution is 0.100. The fourth-order valence-electron chi connectivity index (χ4n) is 2.91. The summed E-state index contributed by atoms with van der Waals surface area (Å²) in [4.78, 5) is 25.5. The number of hydrogen-bond acceptors (Lipinski definition) is 5. The highest BCUT2D eigenvalue weighted by Gasteiger charge is 2.26. The van der Waals surface area contributed by atoms with Crippen LogP contribution in [0.1, 0.15) is 44.5 Å². The number of thiophene rings is 1. The molecule has 0 fully saturated rings. The molecule has 0 spiro atoms. The van der Waals surface area contributed by atoms with Gasteiger partial charge in [-0.1, -0.05) is 6.92 Å². The van der Waals surface area contributed by atoms with Crippen molar-refractivity contribution in [1.29, 1.82) is 0 Å². The van der Waals surface area contributed by atoms with Crippen molar-refractivity contribution in [2.75, 3.05) is 11.1 Å². The normalized spacial score (nSPS) is 13.5. The minimum Gasteiger partial charge on any atom is -0.365 e. The molecule has 8 heteroatoms. The molecule has 0 bridgehead atoms. The molecule has 2 amide bonds.